The molecule has 0 unspecified atom stereocenters. The average Bonchev–Trinajstić information content (AvgIpc) is 3.33. The predicted octanol–water partition coefficient (Wildman–Crippen LogP) is 4.31. The van der Waals surface area contributed by atoms with E-state index in [1.165, 1.54) is 22.7 Å². The lowest BCUT2D eigenvalue weighted by Crippen LogP contribution is -2.34. The molecule has 1 aliphatic heterocycles. The Morgan fingerprint density at radius 1 is 1.27 bits per heavy atom. The van der Waals surface area contributed by atoms with Gasteiger partial charge in [0.25, 0.3) is 11.1 Å². The van der Waals surface area contributed by atoms with Crippen LogP contribution in [0.15, 0.2) is 56.0 Å². The second-order valence-corrected chi connectivity index (χ2v) is 8.73. The van der Waals surface area contributed by atoms with E-state index in [1.807, 2.05) is 24.3 Å². The van der Waals surface area contributed by atoms with Gasteiger partial charge in [-0.05, 0) is 61.6 Å². The summed E-state index contributed by atoms with van der Waals surface area (Å²) in [5, 5.41) is 9.93. The number of carboxylic acid groups (broad SMARTS) is 1. The molecule has 3 aromatic rings. The number of thioether (sulfide) groups is 1. The van der Waals surface area contributed by atoms with Crippen LogP contribution in [0.25, 0.3) is 17.1 Å². The van der Waals surface area contributed by atoms with Crippen molar-refractivity contribution in [3.8, 4) is 0 Å². The third-order valence-corrected chi connectivity index (χ3v) is 6.12. The summed E-state index contributed by atoms with van der Waals surface area (Å²) in [5.41, 5.74) is 1.41. The molecule has 3 heterocycles. The maximum Gasteiger partial charge on any atom is 0.323 e. The van der Waals surface area contributed by atoms with Gasteiger partial charge < -0.3 is 14.1 Å². The Bertz CT molecular complexity index is 1190. The first-order valence-corrected chi connectivity index (χ1v) is 10.7. The third kappa shape index (κ3) is 3.88. The molecule has 30 heavy (non-hydrogen) atoms. The number of nitrogens with zero attached hydrogens (tertiary/aromatic N) is 3. The van der Waals surface area contributed by atoms with Crippen LogP contribution in [0.2, 0.25) is 0 Å². The molecule has 0 bridgehead atoms. The fourth-order valence-electron chi connectivity index (χ4n) is 3.03. The minimum Gasteiger partial charge on any atom is -0.480 e. The number of imide groups is 1. The number of para-hydroxylation sites is 2. The molecule has 0 atom stereocenters. The molecule has 0 spiro atoms. The fraction of sp³-hybridized carbons (Fsp3) is 0.200. The summed E-state index contributed by atoms with van der Waals surface area (Å²) in [6.45, 7) is 3.34. The minimum atomic E-state index is -0.971. The first kappa shape index (κ1) is 20.3. The summed E-state index contributed by atoms with van der Waals surface area (Å²) < 4.78 is 7.38. The zero-order chi connectivity index (χ0) is 21.4. The highest BCUT2D eigenvalue weighted by Crippen LogP contribution is 2.35. The predicted molar refractivity (Wildman–Crippen MR) is 113 cm³/mol. The number of aliphatic carboxylic acids is 1. The lowest BCUT2D eigenvalue weighted by Gasteiger charge is -2.16. The summed E-state index contributed by atoms with van der Waals surface area (Å²) in [6.07, 6.45) is 1.54. The monoisotopic (exact) mass is 443 g/mol. The lowest BCUT2D eigenvalue weighted by atomic mass is 10.3. The average molecular weight is 444 g/mol. The van der Waals surface area contributed by atoms with E-state index < -0.39 is 5.97 Å². The van der Waals surface area contributed by atoms with Crippen molar-refractivity contribution in [2.24, 2.45) is 0 Å². The van der Waals surface area contributed by atoms with Crippen molar-refractivity contribution in [3.63, 3.8) is 0 Å². The highest BCUT2D eigenvalue weighted by molar-refractivity contribution is 8.18. The molecule has 2 amide bonds. The van der Waals surface area contributed by atoms with Crippen LogP contribution in [-0.2, 0) is 16.1 Å². The highest BCUT2D eigenvalue weighted by Gasteiger charge is 2.36. The number of rotatable bonds is 6. The number of benzene rings is 1. The molecule has 8 nitrogen and oxygen atoms in total. The van der Waals surface area contributed by atoms with E-state index in [0.29, 0.717) is 26.4 Å². The van der Waals surface area contributed by atoms with Gasteiger partial charge in [-0.25, -0.2) is 4.98 Å². The normalized spacial score (nSPS) is 15.8. The zero-order valence-corrected chi connectivity index (χ0v) is 17.7. The number of hydrogen-bond donors (Lipinski definition) is 1. The zero-order valence-electron chi connectivity index (χ0n) is 16.1. The quantitative estimate of drug-likeness (QED) is 0.562. The number of hydrogen-bond acceptors (Lipinski definition) is 7. The van der Waals surface area contributed by atoms with E-state index in [0.717, 1.165) is 17.3 Å². The number of carboxylic acids is 1. The Hall–Kier alpha value is -2.98. The summed E-state index contributed by atoms with van der Waals surface area (Å²) in [4.78, 5) is 41.7. The van der Waals surface area contributed by atoms with Crippen molar-refractivity contribution >= 4 is 57.7 Å². The summed E-state index contributed by atoms with van der Waals surface area (Å²) in [7, 11) is 0. The van der Waals surface area contributed by atoms with E-state index in [-0.39, 0.29) is 23.7 Å². The van der Waals surface area contributed by atoms with Gasteiger partial charge in [-0.15, -0.1) is 0 Å². The molecule has 4 rings (SSSR count). The van der Waals surface area contributed by atoms with Gasteiger partial charge >= 0.3 is 5.97 Å². The lowest BCUT2D eigenvalue weighted by molar-refractivity contribution is -0.137. The summed E-state index contributed by atoms with van der Waals surface area (Å²) in [5.74, 6) is -0.887. The molecule has 10 heteroatoms. The Labute approximate surface area is 179 Å². The molecule has 1 N–H and O–H groups in total. The van der Waals surface area contributed by atoms with Crippen molar-refractivity contribution in [2.45, 2.75) is 36.7 Å². The van der Waals surface area contributed by atoms with Crippen molar-refractivity contribution in [1.82, 2.24) is 14.5 Å². The van der Waals surface area contributed by atoms with E-state index in [2.05, 4.69) is 4.98 Å². The molecule has 0 saturated carbocycles. The van der Waals surface area contributed by atoms with Gasteiger partial charge in [-0.2, -0.15) is 0 Å². The molecule has 1 aromatic carbocycles. The van der Waals surface area contributed by atoms with E-state index in [1.54, 1.807) is 30.5 Å². The van der Waals surface area contributed by atoms with Crippen molar-refractivity contribution < 1.29 is 23.9 Å². The van der Waals surface area contributed by atoms with Crippen LogP contribution in [0, 0.1) is 0 Å². The van der Waals surface area contributed by atoms with Crippen molar-refractivity contribution in [2.75, 3.05) is 0 Å². The number of imidazole rings is 1. The number of fused-ring (bicyclic) bond motifs is 1. The number of carbonyl (C=O) groups excluding carboxylic acids is 2. The van der Waals surface area contributed by atoms with Crippen LogP contribution >= 0.6 is 23.5 Å². The topological polar surface area (TPSA) is 106 Å². The van der Waals surface area contributed by atoms with Crippen LogP contribution in [0.3, 0.4) is 0 Å². The first-order chi connectivity index (χ1) is 14.3. The minimum absolute atomic E-state index is 0.214. The van der Waals surface area contributed by atoms with Gasteiger partial charge in [0, 0.05) is 12.1 Å². The molecule has 1 saturated heterocycles. The Balaban J connectivity index is 1.60. The first-order valence-electron chi connectivity index (χ1n) is 9.05. The van der Waals surface area contributed by atoms with Crippen LogP contribution in [0.5, 0.6) is 0 Å². The van der Waals surface area contributed by atoms with Crippen LogP contribution in [-0.4, -0.2) is 42.7 Å². The SMILES string of the molecule is CC(C)N1C(=O)SC(=Cc2ccc(Sc3nc4ccccc4n3CC(=O)O)o2)C1=O. The third-order valence-electron chi connectivity index (χ3n) is 4.32. The standard InChI is InChI=1S/C20H17N3O5S2/c1-11(2)23-18(26)15(29-20(23)27)9-12-7-8-17(28-12)30-19-21-13-5-3-4-6-14(13)22(19)10-16(24)25/h3-9,11H,10H2,1-2H3,(H,24,25). The van der Waals surface area contributed by atoms with Crippen molar-refractivity contribution in [3.05, 3.63) is 47.1 Å². The number of carbonyl (C=O) groups is 3. The van der Waals surface area contributed by atoms with Gasteiger partial charge in [-0.1, -0.05) is 12.1 Å². The fourth-order valence-corrected chi connectivity index (χ4v) is 4.84. The highest BCUT2D eigenvalue weighted by atomic mass is 32.2. The second kappa shape index (κ2) is 8.04. The second-order valence-electron chi connectivity index (χ2n) is 6.77. The molecule has 1 aliphatic rings. The largest absolute Gasteiger partial charge is 0.480 e. The maximum absolute atomic E-state index is 12.4. The Morgan fingerprint density at radius 3 is 2.73 bits per heavy atom. The number of furan rings is 1. The van der Waals surface area contributed by atoms with Crippen LogP contribution in [0.1, 0.15) is 19.6 Å². The molecular weight excluding hydrogens is 426 g/mol. The van der Waals surface area contributed by atoms with E-state index in [4.69, 9.17) is 4.42 Å². The molecular formula is C20H17N3O5S2. The molecule has 1 fully saturated rings. The molecule has 2 aromatic heterocycles. The summed E-state index contributed by atoms with van der Waals surface area (Å²) >= 11 is 2.07. The van der Waals surface area contributed by atoms with Gasteiger partial charge in [0.1, 0.15) is 12.3 Å². The van der Waals surface area contributed by atoms with Gasteiger partial charge in [0.15, 0.2) is 10.2 Å². The maximum atomic E-state index is 12.4. The summed E-state index contributed by atoms with van der Waals surface area (Å²) in [6, 6.07) is 10.5. The van der Waals surface area contributed by atoms with Gasteiger partial charge in [0.2, 0.25) is 0 Å². The Kier molecular flexibility index (Phi) is 5.44. The number of amides is 2. The van der Waals surface area contributed by atoms with Crippen molar-refractivity contribution in [1.29, 1.82) is 0 Å². The van der Waals surface area contributed by atoms with Gasteiger partial charge in [-0.3, -0.25) is 19.3 Å². The van der Waals surface area contributed by atoms with Crippen LogP contribution < -0.4 is 0 Å². The van der Waals surface area contributed by atoms with Crippen LogP contribution in [0.4, 0.5) is 4.79 Å². The smallest absolute Gasteiger partial charge is 0.323 e. The van der Waals surface area contributed by atoms with E-state index in [9.17, 15) is 19.5 Å². The van der Waals surface area contributed by atoms with Gasteiger partial charge in [0.05, 0.1) is 15.9 Å². The molecule has 0 radical (unpaired) electrons. The van der Waals surface area contributed by atoms with E-state index >= 15 is 0 Å². The molecule has 154 valence electrons. The molecule has 0 aliphatic carbocycles. The Morgan fingerprint density at radius 2 is 2.03 bits per heavy atom. The number of aromatic nitrogens is 2.